The van der Waals surface area contributed by atoms with Crippen LogP contribution < -0.4 is 5.32 Å². The van der Waals surface area contributed by atoms with E-state index in [4.69, 9.17) is 12.2 Å². The highest BCUT2D eigenvalue weighted by atomic mass is 32.1. The summed E-state index contributed by atoms with van der Waals surface area (Å²) in [7, 11) is 0. The third kappa shape index (κ3) is 4.63. The number of carbonyl (C=O) groups excluding carboxylic acids is 1. The van der Waals surface area contributed by atoms with Gasteiger partial charge in [0, 0.05) is 23.9 Å². The molecule has 0 aliphatic heterocycles. The first-order chi connectivity index (χ1) is 10.1. The Kier molecular flexibility index (Phi) is 5.92. The quantitative estimate of drug-likeness (QED) is 0.829. The van der Waals surface area contributed by atoms with Crippen LogP contribution >= 0.6 is 12.2 Å². The molecule has 1 fully saturated rings. The van der Waals surface area contributed by atoms with E-state index in [0.29, 0.717) is 11.7 Å². The van der Waals surface area contributed by atoms with Crippen molar-refractivity contribution in [2.24, 2.45) is 11.8 Å². The standard InChI is InChI=1S/C18H25NOS/c1-13(2)12-16(15-10-6-7-11-17(15)20)19-18(21)14-8-4-3-5-9-14/h3-5,8-9,13,15-16H,6-7,10-12H2,1-2H3,(H,19,21). The average Bonchev–Trinajstić information content (AvgIpc) is 2.47. The largest absolute Gasteiger partial charge is 0.372 e. The Bertz CT molecular complexity index is 483. The van der Waals surface area contributed by atoms with Crippen LogP contribution in [-0.2, 0) is 4.79 Å². The smallest absolute Gasteiger partial charge is 0.138 e. The third-order valence-electron chi connectivity index (χ3n) is 4.17. The number of hydrogen-bond acceptors (Lipinski definition) is 2. The Morgan fingerprint density at radius 3 is 2.62 bits per heavy atom. The van der Waals surface area contributed by atoms with E-state index < -0.39 is 0 Å². The molecule has 1 aromatic carbocycles. The zero-order valence-electron chi connectivity index (χ0n) is 13.0. The normalized spacial score (nSPS) is 20.3. The predicted octanol–water partition coefficient (Wildman–Crippen LogP) is 4.13. The van der Waals surface area contributed by atoms with E-state index in [2.05, 4.69) is 19.2 Å². The summed E-state index contributed by atoms with van der Waals surface area (Å²) in [5.41, 5.74) is 1.03. The van der Waals surface area contributed by atoms with Gasteiger partial charge in [0.2, 0.25) is 0 Å². The second kappa shape index (κ2) is 7.69. The Morgan fingerprint density at radius 2 is 2.00 bits per heavy atom. The first kappa shape index (κ1) is 16.2. The molecular weight excluding hydrogens is 278 g/mol. The van der Waals surface area contributed by atoms with Crippen molar-refractivity contribution in [1.82, 2.24) is 5.32 Å². The van der Waals surface area contributed by atoms with E-state index in [9.17, 15) is 4.79 Å². The maximum atomic E-state index is 12.3. The van der Waals surface area contributed by atoms with Crippen molar-refractivity contribution in [2.75, 3.05) is 0 Å². The highest BCUT2D eigenvalue weighted by Gasteiger charge is 2.31. The Balaban J connectivity index is 2.09. The van der Waals surface area contributed by atoms with Crippen LogP contribution in [0.3, 0.4) is 0 Å². The molecule has 1 aromatic rings. The molecule has 21 heavy (non-hydrogen) atoms. The van der Waals surface area contributed by atoms with Crippen LogP contribution in [0.5, 0.6) is 0 Å². The molecule has 2 rings (SSSR count). The van der Waals surface area contributed by atoms with E-state index >= 15 is 0 Å². The average molecular weight is 303 g/mol. The van der Waals surface area contributed by atoms with Crippen molar-refractivity contribution >= 4 is 23.0 Å². The lowest BCUT2D eigenvalue weighted by Crippen LogP contribution is -2.44. The third-order valence-corrected chi connectivity index (χ3v) is 4.52. The maximum absolute atomic E-state index is 12.3. The first-order valence-electron chi connectivity index (χ1n) is 7.96. The fraction of sp³-hybridized carbons (Fsp3) is 0.556. The molecule has 0 spiro atoms. The summed E-state index contributed by atoms with van der Waals surface area (Å²) >= 11 is 5.54. The zero-order chi connectivity index (χ0) is 15.2. The van der Waals surface area contributed by atoms with Gasteiger partial charge in [-0.25, -0.2) is 0 Å². The highest BCUT2D eigenvalue weighted by molar-refractivity contribution is 7.80. The van der Waals surface area contributed by atoms with Gasteiger partial charge < -0.3 is 5.32 Å². The van der Waals surface area contributed by atoms with E-state index in [0.717, 1.165) is 42.7 Å². The Labute approximate surface area is 133 Å². The van der Waals surface area contributed by atoms with Crippen LogP contribution in [0.15, 0.2) is 30.3 Å². The Hall–Kier alpha value is -1.22. The number of carbonyl (C=O) groups is 1. The molecule has 1 aliphatic rings. The number of Topliss-reactive ketones (excluding diaryl/α,β-unsaturated/α-hetero) is 1. The van der Waals surface area contributed by atoms with Gasteiger partial charge in [-0.2, -0.15) is 0 Å². The van der Waals surface area contributed by atoms with Crippen LogP contribution in [0, 0.1) is 11.8 Å². The topological polar surface area (TPSA) is 29.1 Å². The van der Waals surface area contributed by atoms with E-state index in [1.807, 2.05) is 30.3 Å². The number of nitrogens with one attached hydrogen (secondary N) is 1. The molecule has 2 nitrogen and oxygen atoms in total. The highest BCUT2D eigenvalue weighted by Crippen LogP contribution is 2.27. The minimum absolute atomic E-state index is 0.128. The van der Waals surface area contributed by atoms with Crippen molar-refractivity contribution in [3.63, 3.8) is 0 Å². The molecule has 1 N–H and O–H groups in total. The number of hydrogen-bond donors (Lipinski definition) is 1. The number of ketones is 1. The first-order valence-corrected chi connectivity index (χ1v) is 8.37. The van der Waals surface area contributed by atoms with Crippen molar-refractivity contribution in [1.29, 1.82) is 0 Å². The number of rotatable bonds is 5. The molecule has 0 radical (unpaired) electrons. The SMILES string of the molecule is CC(C)CC(NC(=S)c1ccccc1)C1CCCCC1=O. The van der Waals surface area contributed by atoms with Crippen LogP contribution in [0.25, 0.3) is 0 Å². The maximum Gasteiger partial charge on any atom is 0.138 e. The molecule has 0 aromatic heterocycles. The van der Waals surface area contributed by atoms with Gasteiger partial charge >= 0.3 is 0 Å². The van der Waals surface area contributed by atoms with Gasteiger partial charge in [-0.05, 0) is 25.2 Å². The van der Waals surface area contributed by atoms with Crippen molar-refractivity contribution < 1.29 is 4.79 Å². The van der Waals surface area contributed by atoms with Crippen molar-refractivity contribution in [3.8, 4) is 0 Å². The van der Waals surface area contributed by atoms with Crippen molar-refractivity contribution in [2.45, 2.75) is 52.0 Å². The summed E-state index contributed by atoms with van der Waals surface area (Å²) in [5.74, 6) is 1.09. The molecule has 1 aliphatic carbocycles. The molecule has 0 bridgehead atoms. The lowest BCUT2D eigenvalue weighted by atomic mass is 9.80. The molecule has 0 saturated heterocycles. The predicted molar refractivity (Wildman–Crippen MR) is 91.5 cm³/mol. The lowest BCUT2D eigenvalue weighted by Gasteiger charge is -2.32. The summed E-state index contributed by atoms with van der Waals surface area (Å²) < 4.78 is 0. The number of benzene rings is 1. The van der Waals surface area contributed by atoms with Gasteiger partial charge in [0.05, 0.1) is 0 Å². The molecule has 2 unspecified atom stereocenters. The van der Waals surface area contributed by atoms with Crippen LogP contribution in [0.4, 0.5) is 0 Å². The second-order valence-corrected chi connectivity index (χ2v) is 6.80. The molecule has 0 heterocycles. The monoisotopic (exact) mass is 303 g/mol. The van der Waals surface area contributed by atoms with Gasteiger partial charge in [-0.15, -0.1) is 0 Å². The Morgan fingerprint density at radius 1 is 1.29 bits per heavy atom. The summed E-state index contributed by atoms with van der Waals surface area (Å²) in [6.07, 6.45) is 4.93. The van der Waals surface area contributed by atoms with E-state index in [1.54, 1.807) is 0 Å². The molecule has 1 saturated carbocycles. The minimum atomic E-state index is 0.128. The minimum Gasteiger partial charge on any atom is -0.372 e. The summed E-state index contributed by atoms with van der Waals surface area (Å²) in [4.78, 5) is 13.0. The molecule has 3 heteroatoms. The van der Waals surface area contributed by atoms with Gasteiger partial charge in [-0.1, -0.05) is 62.8 Å². The van der Waals surface area contributed by atoms with Gasteiger partial charge in [0.25, 0.3) is 0 Å². The summed E-state index contributed by atoms with van der Waals surface area (Å²) in [6.45, 7) is 4.40. The second-order valence-electron chi connectivity index (χ2n) is 6.39. The molecule has 114 valence electrons. The summed E-state index contributed by atoms with van der Waals surface area (Å²) in [6, 6.07) is 10.2. The van der Waals surface area contributed by atoms with Crippen molar-refractivity contribution in [3.05, 3.63) is 35.9 Å². The summed E-state index contributed by atoms with van der Waals surface area (Å²) in [5, 5.41) is 3.48. The van der Waals surface area contributed by atoms with Crippen LogP contribution in [0.1, 0.15) is 51.5 Å². The van der Waals surface area contributed by atoms with Gasteiger partial charge in [0.1, 0.15) is 10.8 Å². The van der Waals surface area contributed by atoms with E-state index in [-0.39, 0.29) is 12.0 Å². The fourth-order valence-electron chi connectivity index (χ4n) is 3.11. The molecular formula is C18H25NOS. The van der Waals surface area contributed by atoms with Crippen LogP contribution in [0.2, 0.25) is 0 Å². The zero-order valence-corrected chi connectivity index (χ0v) is 13.8. The van der Waals surface area contributed by atoms with Gasteiger partial charge in [-0.3, -0.25) is 4.79 Å². The molecule has 0 amide bonds. The molecule has 2 atom stereocenters. The number of thiocarbonyl (C=S) groups is 1. The van der Waals surface area contributed by atoms with Gasteiger partial charge in [0.15, 0.2) is 0 Å². The van der Waals surface area contributed by atoms with E-state index in [1.165, 1.54) is 0 Å². The fourth-order valence-corrected chi connectivity index (χ4v) is 3.40. The lowest BCUT2D eigenvalue weighted by molar-refractivity contribution is -0.125. The van der Waals surface area contributed by atoms with Crippen LogP contribution in [-0.4, -0.2) is 16.8 Å².